The Morgan fingerprint density at radius 3 is 2.67 bits per heavy atom. The van der Waals surface area contributed by atoms with Crippen molar-refractivity contribution in [1.29, 1.82) is 0 Å². The Kier molecular flexibility index (Phi) is 5.27. The fraction of sp³-hybridized carbons (Fsp3) is 0.263. The summed E-state index contributed by atoms with van der Waals surface area (Å²) in [6.45, 7) is 0.139. The van der Waals surface area contributed by atoms with E-state index in [1.54, 1.807) is 0 Å². The van der Waals surface area contributed by atoms with Crippen LogP contribution in [0.1, 0.15) is 11.6 Å². The average molecular weight is 463 g/mol. The van der Waals surface area contributed by atoms with E-state index in [0.717, 1.165) is 30.1 Å². The number of hydrogen-bond acceptors (Lipinski definition) is 4. The van der Waals surface area contributed by atoms with Crippen LogP contribution < -0.4 is 5.69 Å². The first-order valence-corrected chi connectivity index (χ1v) is 9.92. The van der Waals surface area contributed by atoms with Gasteiger partial charge in [-0.1, -0.05) is 11.6 Å². The van der Waals surface area contributed by atoms with Crippen molar-refractivity contribution >= 4 is 34.3 Å². The molecule has 0 saturated carbocycles. The highest BCUT2D eigenvalue weighted by Gasteiger charge is 2.39. The molecule has 0 fully saturated rings. The van der Waals surface area contributed by atoms with E-state index < -0.39 is 51.3 Å². The van der Waals surface area contributed by atoms with Crippen LogP contribution in [0.15, 0.2) is 34.1 Å². The molecular weight excluding hydrogens is 451 g/mol. The Balaban J connectivity index is 2.17. The maximum atomic E-state index is 14.6. The van der Waals surface area contributed by atoms with Crippen molar-refractivity contribution in [3.05, 3.63) is 57.1 Å². The zero-order valence-corrected chi connectivity index (χ0v) is 16.8. The van der Waals surface area contributed by atoms with E-state index in [2.05, 4.69) is 4.98 Å². The van der Waals surface area contributed by atoms with E-state index in [1.807, 2.05) is 0 Å². The van der Waals surface area contributed by atoms with E-state index in [0.29, 0.717) is 6.07 Å². The second-order valence-electron chi connectivity index (χ2n) is 6.64. The minimum Gasteiger partial charge on any atom is -0.383 e. The normalized spacial score (nSPS) is 16.3. The Morgan fingerprint density at radius 2 is 2.00 bits per heavy atom. The summed E-state index contributed by atoms with van der Waals surface area (Å²) < 4.78 is 76.5. The summed E-state index contributed by atoms with van der Waals surface area (Å²) in [5, 5.41) is -0.445. The predicted octanol–water partition coefficient (Wildman–Crippen LogP) is 5.31. The highest BCUT2D eigenvalue weighted by Crippen LogP contribution is 2.49. The molecule has 30 heavy (non-hydrogen) atoms. The molecule has 2 aromatic carbocycles. The fourth-order valence-electron chi connectivity index (χ4n) is 3.55. The van der Waals surface area contributed by atoms with E-state index in [4.69, 9.17) is 16.3 Å². The lowest BCUT2D eigenvalue weighted by Gasteiger charge is -2.29. The van der Waals surface area contributed by atoms with Crippen molar-refractivity contribution in [2.24, 2.45) is 0 Å². The molecule has 11 heteroatoms. The summed E-state index contributed by atoms with van der Waals surface area (Å²) >= 11 is 6.78. The molecule has 0 amide bonds. The molecule has 3 aromatic rings. The van der Waals surface area contributed by atoms with Gasteiger partial charge in [0.05, 0.1) is 28.8 Å². The summed E-state index contributed by atoms with van der Waals surface area (Å²) in [6.07, 6.45) is -3.79. The van der Waals surface area contributed by atoms with Crippen LogP contribution in [0.2, 0.25) is 5.02 Å². The molecule has 0 radical (unpaired) electrons. The molecule has 0 saturated heterocycles. The Morgan fingerprint density at radius 1 is 1.27 bits per heavy atom. The minimum absolute atomic E-state index is 0.0493. The maximum Gasteiger partial charge on any atom is 0.417 e. The number of benzene rings is 2. The number of methoxy groups -OCH3 is 1. The van der Waals surface area contributed by atoms with Gasteiger partial charge < -0.3 is 4.74 Å². The van der Waals surface area contributed by atoms with Crippen LogP contribution in [-0.2, 0) is 10.9 Å². The van der Waals surface area contributed by atoms with Gasteiger partial charge >= 0.3 is 11.9 Å². The number of halogens is 6. The monoisotopic (exact) mass is 462 g/mol. The van der Waals surface area contributed by atoms with Gasteiger partial charge in [-0.3, -0.25) is 4.57 Å². The Bertz CT molecular complexity index is 1230. The lowest BCUT2D eigenvalue weighted by molar-refractivity contribution is -0.137. The number of thioether (sulfide) groups is 1. The number of alkyl halides is 3. The summed E-state index contributed by atoms with van der Waals surface area (Å²) in [5.41, 5.74) is -2.59. The maximum absolute atomic E-state index is 14.6. The van der Waals surface area contributed by atoms with Gasteiger partial charge in [0.15, 0.2) is 0 Å². The van der Waals surface area contributed by atoms with E-state index in [1.165, 1.54) is 11.7 Å². The number of hydrogen-bond donors (Lipinski definition) is 0. The second-order valence-corrected chi connectivity index (χ2v) is 8.08. The summed E-state index contributed by atoms with van der Waals surface area (Å²) in [7, 11) is 1.44. The van der Waals surface area contributed by atoms with E-state index in [9.17, 15) is 26.7 Å². The smallest absolute Gasteiger partial charge is 0.383 e. The van der Waals surface area contributed by atoms with Crippen LogP contribution in [-0.4, -0.2) is 29.0 Å². The third-order valence-corrected chi connectivity index (χ3v) is 6.30. The van der Waals surface area contributed by atoms with Crippen molar-refractivity contribution in [2.75, 3.05) is 19.5 Å². The summed E-state index contributed by atoms with van der Waals surface area (Å²) in [6, 6.07) is 1.60. The molecule has 4 nitrogen and oxygen atoms in total. The van der Waals surface area contributed by atoms with Gasteiger partial charge in [0.25, 0.3) is 0 Å². The number of ether oxygens (including phenoxy) is 1. The molecule has 0 aliphatic carbocycles. The van der Waals surface area contributed by atoms with Crippen LogP contribution in [0, 0.1) is 11.6 Å². The predicted molar refractivity (Wildman–Crippen MR) is 103 cm³/mol. The molecule has 1 aliphatic heterocycles. The first kappa shape index (κ1) is 21.1. The van der Waals surface area contributed by atoms with Crippen LogP contribution >= 0.6 is 23.4 Å². The zero-order chi connectivity index (χ0) is 21.8. The van der Waals surface area contributed by atoms with E-state index >= 15 is 0 Å². The second kappa shape index (κ2) is 7.51. The molecular formula is C19H12ClF5N2O2S. The molecule has 1 atom stereocenters. The van der Waals surface area contributed by atoms with Gasteiger partial charge in [-0.05, 0) is 12.1 Å². The van der Waals surface area contributed by atoms with Crippen molar-refractivity contribution in [2.45, 2.75) is 17.1 Å². The largest absolute Gasteiger partial charge is 0.417 e. The average Bonchev–Trinajstić information content (AvgIpc) is 2.67. The zero-order valence-electron chi connectivity index (χ0n) is 15.2. The van der Waals surface area contributed by atoms with Gasteiger partial charge in [0.2, 0.25) is 0 Å². The van der Waals surface area contributed by atoms with Crippen LogP contribution in [0.3, 0.4) is 0 Å². The number of rotatable bonds is 3. The highest BCUT2D eigenvalue weighted by molar-refractivity contribution is 7.99. The van der Waals surface area contributed by atoms with Crippen molar-refractivity contribution < 1.29 is 26.7 Å². The van der Waals surface area contributed by atoms with Gasteiger partial charge in [0.1, 0.15) is 11.6 Å². The van der Waals surface area contributed by atoms with Gasteiger partial charge in [0, 0.05) is 46.5 Å². The van der Waals surface area contributed by atoms with Gasteiger partial charge in [-0.15, -0.1) is 11.8 Å². The quantitative estimate of drug-likeness (QED) is 0.391. The highest BCUT2D eigenvalue weighted by atomic mass is 35.5. The van der Waals surface area contributed by atoms with Crippen LogP contribution in [0.4, 0.5) is 22.0 Å². The minimum atomic E-state index is -4.85. The molecule has 2 heterocycles. The molecule has 1 aliphatic rings. The first-order chi connectivity index (χ1) is 14.1. The van der Waals surface area contributed by atoms with Crippen LogP contribution in [0.25, 0.3) is 22.0 Å². The molecule has 1 unspecified atom stereocenters. The third kappa shape index (κ3) is 3.36. The number of nitrogens with zero attached hydrogens (tertiary/aromatic N) is 2. The lowest BCUT2D eigenvalue weighted by Crippen LogP contribution is -2.33. The SMILES string of the molecule is COCC1CSc2c(-c3cc(Cl)c(F)cc3F)c(C(F)(F)F)cc3cnc(=O)n1c23. The molecule has 1 aromatic heterocycles. The number of aromatic nitrogens is 2. The summed E-state index contributed by atoms with van der Waals surface area (Å²) in [4.78, 5) is 16.2. The first-order valence-electron chi connectivity index (χ1n) is 8.55. The lowest BCUT2D eigenvalue weighted by atomic mass is 9.96. The van der Waals surface area contributed by atoms with Gasteiger partial charge in [-0.2, -0.15) is 13.2 Å². The molecule has 0 bridgehead atoms. The molecule has 0 N–H and O–H groups in total. The van der Waals surface area contributed by atoms with Crippen molar-refractivity contribution in [3.63, 3.8) is 0 Å². The van der Waals surface area contributed by atoms with Gasteiger partial charge in [-0.25, -0.2) is 18.6 Å². The van der Waals surface area contributed by atoms with Crippen molar-refractivity contribution in [3.8, 4) is 11.1 Å². The van der Waals surface area contributed by atoms with Crippen molar-refractivity contribution in [1.82, 2.24) is 9.55 Å². The van der Waals surface area contributed by atoms with E-state index in [-0.39, 0.29) is 28.2 Å². The molecule has 4 rings (SSSR count). The fourth-order valence-corrected chi connectivity index (χ4v) is 5.04. The Hall–Kier alpha value is -2.17. The molecule has 158 valence electrons. The molecule has 0 spiro atoms. The summed E-state index contributed by atoms with van der Waals surface area (Å²) in [5.74, 6) is -2.08. The third-order valence-electron chi connectivity index (χ3n) is 4.77. The van der Waals surface area contributed by atoms with Crippen LogP contribution in [0.5, 0.6) is 0 Å². The standard InChI is InChI=1S/C19H12ClF5N2O2S/c1-29-6-9-7-30-17-15(10-3-12(20)14(22)4-13(10)21)11(19(23,24)25)2-8-5-26-18(28)27(9)16(8)17/h2-5,9H,6-7H2,1H3. The Labute approximate surface area is 175 Å². The topological polar surface area (TPSA) is 44.1 Å².